The third kappa shape index (κ3) is 5.82. The molecule has 0 fully saturated rings. The van der Waals surface area contributed by atoms with Gasteiger partial charge in [0, 0.05) is 32.6 Å². The molecule has 0 spiro atoms. The minimum absolute atomic E-state index is 0.541. The SMILES string of the molecule is CCN(CCCNC1=NCCCCC1)S(C)(=O)=O. The van der Waals surface area contributed by atoms with Gasteiger partial charge < -0.3 is 5.32 Å². The first-order valence-electron chi connectivity index (χ1n) is 6.76. The molecule has 0 aromatic rings. The molecule has 0 bridgehead atoms. The number of nitrogens with one attached hydrogen (secondary N) is 1. The summed E-state index contributed by atoms with van der Waals surface area (Å²) in [5.41, 5.74) is 0. The summed E-state index contributed by atoms with van der Waals surface area (Å²) in [4.78, 5) is 4.48. The van der Waals surface area contributed by atoms with Crippen molar-refractivity contribution in [3.63, 3.8) is 0 Å². The molecular formula is C12H25N3O2S. The van der Waals surface area contributed by atoms with Gasteiger partial charge in [-0.1, -0.05) is 13.3 Å². The first kappa shape index (κ1) is 15.4. The van der Waals surface area contributed by atoms with Crippen molar-refractivity contribution in [3.05, 3.63) is 0 Å². The highest BCUT2D eigenvalue weighted by molar-refractivity contribution is 7.88. The molecule has 0 saturated heterocycles. The van der Waals surface area contributed by atoms with Crippen molar-refractivity contribution >= 4 is 15.9 Å². The topological polar surface area (TPSA) is 61.8 Å². The monoisotopic (exact) mass is 275 g/mol. The lowest BCUT2D eigenvalue weighted by molar-refractivity contribution is 0.424. The number of sulfonamides is 1. The van der Waals surface area contributed by atoms with Gasteiger partial charge in [-0.15, -0.1) is 0 Å². The standard InChI is InChI=1S/C12H25N3O2S/c1-3-15(18(2,16)17)11-7-10-14-12-8-5-4-6-9-13-12/h3-11H2,1-2H3,(H,13,14). The Kier molecular flexibility index (Phi) is 6.63. The summed E-state index contributed by atoms with van der Waals surface area (Å²) in [5.74, 6) is 1.09. The smallest absolute Gasteiger partial charge is 0.211 e. The Morgan fingerprint density at radius 3 is 2.78 bits per heavy atom. The van der Waals surface area contributed by atoms with E-state index in [-0.39, 0.29) is 0 Å². The largest absolute Gasteiger partial charge is 0.374 e. The second kappa shape index (κ2) is 7.74. The summed E-state index contributed by atoms with van der Waals surface area (Å²) in [6.45, 7) is 4.71. The molecule has 18 heavy (non-hydrogen) atoms. The van der Waals surface area contributed by atoms with Gasteiger partial charge in [-0.05, 0) is 19.3 Å². The fourth-order valence-electron chi connectivity index (χ4n) is 2.06. The first-order chi connectivity index (χ1) is 8.54. The molecule has 0 aromatic heterocycles. The summed E-state index contributed by atoms with van der Waals surface area (Å²) in [6, 6.07) is 0. The van der Waals surface area contributed by atoms with Crippen LogP contribution in [0.4, 0.5) is 0 Å². The number of hydrogen-bond acceptors (Lipinski definition) is 4. The quantitative estimate of drug-likeness (QED) is 0.741. The molecule has 1 aliphatic heterocycles. The molecule has 6 heteroatoms. The van der Waals surface area contributed by atoms with Crippen molar-refractivity contribution in [2.75, 3.05) is 32.4 Å². The number of aliphatic imine (C=N–C) groups is 1. The molecular weight excluding hydrogens is 250 g/mol. The lowest BCUT2D eigenvalue weighted by atomic mass is 10.2. The van der Waals surface area contributed by atoms with E-state index in [1.165, 1.54) is 29.8 Å². The molecule has 1 aliphatic rings. The van der Waals surface area contributed by atoms with E-state index in [0.29, 0.717) is 13.1 Å². The molecule has 0 amide bonds. The normalized spacial score (nSPS) is 17.4. The van der Waals surface area contributed by atoms with Crippen LogP contribution in [0.25, 0.3) is 0 Å². The molecule has 0 aliphatic carbocycles. The zero-order valence-electron chi connectivity index (χ0n) is 11.5. The van der Waals surface area contributed by atoms with Crippen molar-refractivity contribution in [2.24, 2.45) is 4.99 Å². The highest BCUT2D eigenvalue weighted by atomic mass is 32.2. The Bertz CT molecular complexity index is 366. The van der Waals surface area contributed by atoms with Gasteiger partial charge in [-0.3, -0.25) is 4.99 Å². The van der Waals surface area contributed by atoms with E-state index in [1.807, 2.05) is 6.92 Å². The molecule has 1 N–H and O–H groups in total. The summed E-state index contributed by atoms with van der Waals surface area (Å²) >= 11 is 0. The van der Waals surface area contributed by atoms with Gasteiger partial charge in [-0.2, -0.15) is 0 Å². The van der Waals surface area contributed by atoms with Crippen LogP contribution in [0.5, 0.6) is 0 Å². The Balaban J connectivity index is 2.23. The fourth-order valence-corrected chi connectivity index (χ4v) is 2.99. The van der Waals surface area contributed by atoms with Crippen LogP contribution in [-0.2, 0) is 10.0 Å². The van der Waals surface area contributed by atoms with Gasteiger partial charge in [0.05, 0.1) is 12.1 Å². The van der Waals surface area contributed by atoms with Crippen LogP contribution in [0.2, 0.25) is 0 Å². The van der Waals surface area contributed by atoms with Crippen LogP contribution < -0.4 is 5.32 Å². The summed E-state index contributed by atoms with van der Waals surface area (Å²) < 4.78 is 24.3. The predicted molar refractivity (Wildman–Crippen MR) is 75.5 cm³/mol. The minimum atomic E-state index is -3.05. The van der Waals surface area contributed by atoms with Gasteiger partial charge in [0.1, 0.15) is 0 Å². The lowest BCUT2D eigenvalue weighted by Gasteiger charge is -2.18. The minimum Gasteiger partial charge on any atom is -0.374 e. The lowest BCUT2D eigenvalue weighted by Crippen LogP contribution is -2.33. The average molecular weight is 275 g/mol. The van der Waals surface area contributed by atoms with Crippen LogP contribution in [-0.4, -0.2) is 51.0 Å². The molecule has 106 valence electrons. The van der Waals surface area contributed by atoms with E-state index in [1.54, 1.807) is 0 Å². The number of hydrogen-bond donors (Lipinski definition) is 1. The van der Waals surface area contributed by atoms with Crippen LogP contribution in [0.3, 0.4) is 0 Å². The van der Waals surface area contributed by atoms with Crippen LogP contribution >= 0.6 is 0 Å². The molecule has 0 unspecified atom stereocenters. The van der Waals surface area contributed by atoms with Crippen molar-refractivity contribution in [2.45, 2.75) is 39.0 Å². The van der Waals surface area contributed by atoms with Crippen LogP contribution in [0.1, 0.15) is 39.0 Å². The second-order valence-electron chi connectivity index (χ2n) is 4.67. The Morgan fingerprint density at radius 1 is 1.33 bits per heavy atom. The molecule has 1 rings (SSSR count). The summed E-state index contributed by atoms with van der Waals surface area (Å²) in [7, 11) is -3.05. The predicted octanol–water partition coefficient (Wildman–Crippen LogP) is 1.22. The van der Waals surface area contributed by atoms with Crippen molar-refractivity contribution in [1.82, 2.24) is 9.62 Å². The summed E-state index contributed by atoms with van der Waals surface area (Å²) in [5, 5.41) is 3.32. The molecule has 5 nitrogen and oxygen atoms in total. The highest BCUT2D eigenvalue weighted by Gasteiger charge is 2.13. The second-order valence-corrected chi connectivity index (χ2v) is 6.66. The third-order valence-corrected chi connectivity index (χ3v) is 4.49. The van der Waals surface area contributed by atoms with Crippen molar-refractivity contribution in [1.29, 1.82) is 0 Å². The van der Waals surface area contributed by atoms with Gasteiger partial charge in [0.25, 0.3) is 0 Å². The van der Waals surface area contributed by atoms with E-state index >= 15 is 0 Å². The first-order valence-corrected chi connectivity index (χ1v) is 8.61. The maximum absolute atomic E-state index is 11.4. The fraction of sp³-hybridized carbons (Fsp3) is 0.917. The van der Waals surface area contributed by atoms with Crippen molar-refractivity contribution in [3.8, 4) is 0 Å². The molecule has 0 saturated carbocycles. The van der Waals surface area contributed by atoms with E-state index < -0.39 is 10.0 Å². The third-order valence-electron chi connectivity index (χ3n) is 3.11. The van der Waals surface area contributed by atoms with Crippen LogP contribution in [0, 0.1) is 0 Å². The van der Waals surface area contributed by atoms with Gasteiger partial charge in [0.15, 0.2) is 0 Å². The van der Waals surface area contributed by atoms with Gasteiger partial charge in [-0.25, -0.2) is 12.7 Å². The Labute approximate surface area is 111 Å². The van der Waals surface area contributed by atoms with E-state index in [0.717, 1.165) is 31.8 Å². The van der Waals surface area contributed by atoms with E-state index in [9.17, 15) is 8.42 Å². The zero-order chi connectivity index (χ0) is 13.4. The molecule has 0 aromatic carbocycles. The maximum Gasteiger partial charge on any atom is 0.211 e. The number of amidine groups is 1. The number of nitrogens with zero attached hydrogens (tertiary/aromatic N) is 2. The van der Waals surface area contributed by atoms with E-state index in [4.69, 9.17) is 0 Å². The highest BCUT2D eigenvalue weighted by Crippen LogP contribution is 2.06. The zero-order valence-corrected chi connectivity index (χ0v) is 12.3. The summed E-state index contributed by atoms with van der Waals surface area (Å²) in [6.07, 6.45) is 6.76. The Morgan fingerprint density at radius 2 is 2.11 bits per heavy atom. The van der Waals surface area contributed by atoms with Crippen molar-refractivity contribution < 1.29 is 8.42 Å². The molecule has 1 heterocycles. The van der Waals surface area contributed by atoms with E-state index in [2.05, 4.69) is 10.3 Å². The Hall–Kier alpha value is -0.620. The molecule has 0 radical (unpaired) electrons. The van der Waals surface area contributed by atoms with Gasteiger partial charge >= 0.3 is 0 Å². The average Bonchev–Trinajstić information content (AvgIpc) is 2.56. The van der Waals surface area contributed by atoms with Crippen LogP contribution in [0.15, 0.2) is 4.99 Å². The number of rotatable bonds is 6. The maximum atomic E-state index is 11.4. The molecule has 0 atom stereocenters. The van der Waals surface area contributed by atoms with Gasteiger partial charge in [0.2, 0.25) is 10.0 Å².